The van der Waals surface area contributed by atoms with E-state index in [0.717, 1.165) is 25.1 Å². The van der Waals surface area contributed by atoms with Crippen molar-refractivity contribution in [2.75, 3.05) is 20.1 Å². The van der Waals surface area contributed by atoms with Crippen molar-refractivity contribution in [2.24, 2.45) is 5.73 Å². The number of rotatable bonds is 5. The van der Waals surface area contributed by atoms with Crippen LogP contribution in [0.1, 0.15) is 16.0 Å². The Labute approximate surface area is 125 Å². The summed E-state index contributed by atoms with van der Waals surface area (Å²) in [6, 6.07) is 12.6. The van der Waals surface area contributed by atoms with E-state index in [0.29, 0.717) is 6.54 Å². The Morgan fingerprint density at radius 3 is 2.80 bits per heavy atom. The Morgan fingerprint density at radius 1 is 1.20 bits per heavy atom. The van der Waals surface area contributed by atoms with Crippen LogP contribution in [0.25, 0.3) is 0 Å². The van der Waals surface area contributed by atoms with Gasteiger partial charge in [-0.3, -0.25) is 0 Å². The molecule has 0 aliphatic rings. The molecule has 0 saturated heterocycles. The summed E-state index contributed by atoms with van der Waals surface area (Å²) in [6.45, 7) is 2.38. The van der Waals surface area contributed by atoms with E-state index in [1.807, 2.05) is 17.4 Å². The van der Waals surface area contributed by atoms with Crippen LogP contribution < -0.4 is 5.73 Å². The fourth-order valence-corrected chi connectivity index (χ4v) is 2.75. The molecular formula is C17H20N2S. The van der Waals surface area contributed by atoms with Gasteiger partial charge in [-0.15, -0.1) is 11.3 Å². The first-order valence-corrected chi connectivity index (χ1v) is 7.65. The van der Waals surface area contributed by atoms with Crippen molar-refractivity contribution < 1.29 is 0 Å². The second-order valence-corrected chi connectivity index (χ2v) is 5.76. The van der Waals surface area contributed by atoms with E-state index >= 15 is 0 Å². The highest BCUT2D eigenvalue weighted by Gasteiger charge is 2.04. The summed E-state index contributed by atoms with van der Waals surface area (Å²) in [5.41, 5.74) is 7.80. The third kappa shape index (κ3) is 4.50. The molecule has 0 atom stereocenters. The Bertz CT molecular complexity index is 579. The second kappa shape index (κ2) is 7.86. The normalized spacial score (nSPS) is 10.3. The van der Waals surface area contributed by atoms with Crippen LogP contribution in [0.3, 0.4) is 0 Å². The van der Waals surface area contributed by atoms with Crippen molar-refractivity contribution in [2.45, 2.75) is 13.0 Å². The van der Waals surface area contributed by atoms with Gasteiger partial charge in [-0.2, -0.15) is 0 Å². The largest absolute Gasteiger partial charge is 0.320 e. The minimum atomic E-state index is 0.405. The SMILES string of the molecule is CN(CCc1cccs1)Cc1ccccc1C#CCN. The first kappa shape index (κ1) is 14.8. The lowest BCUT2D eigenvalue weighted by Gasteiger charge is -2.17. The summed E-state index contributed by atoms with van der Waals surface area (Å²) in [4.78, 5) is 3.77. The van der Waals surface area contributed by atoms with E-state index in [9.17, 15) is 0 Å². The van der Waals surface area contributed by atoms with Gasteiger partial charge in [0, 0.05) is 23.5 Å². The summed E-state index contributed by atoms with van der Waals surface area (Å²) in [5.74, 6) is 6.08. The molecule has 0 unspecified atom stereocenters. The van der Waals surface area contributed by atoms with Crippen LogP contribution in [0.2, 0.25) is 0 Å². The number of nitrogens with zero attached hydrogens (tertiary/aromatic N) is 1. The maximum Gasteiger partial charge on any atom is 0.0555 e. The van der Waals surface area contributed by atoms with Crippen LogP contribution in [-0.4, -0.2) is 25.0 Å². The molecule has 0 spiro atoms. The van der Waals surface area contributed by atoms with Crippen LogP contribution in [0.15, 0.2) is 41.8 Å². The van der Waals surface area contributed by atoms with E-state index in [2.05, 4.69) is 59.5 Å². The molecule has 2 aromatic rings. The van der Waals surface area contributed by atoms with Gasteiger partial charge in [0.05, 0.1) is 6.54 Å². The van der Waals surface area contributed by atoms with Gasteiger partial charge in [0.2, 0.25) is 0 Å². The molecule has 2 N–H and O–H groups in total. The monoisotopic (exact) mass is 284 g/mol. The zero-order valence-electron chi connectivity index (χ0n) is 11.8. The first-order chi connectivity index (χ1) is 9.79. The summed E-state index contributed by atoms with van der Waals surface area (Å²) in [5, 5.41) is 2.13. The van der Waals surface area contributed by atoms with Crippen LogP contribution in [-0.2, 0) is 13.0 Å². The number of nitrogens with two attached hydrogens (primary N) is 1. The number of likely N-dealkylation sites (N-methyl/N-ethyl adjacent to an activating group) is 1. The lowest BCUT2D eigenvalue weighted by molar-refractivity contribution is 0.332. The van der Waals surface area contributed by atoms with Crippen LogP contribution in [0.5, 0.6) is 0 Å². The third-order valence-corrected chi connectivity index (χ3v) is 4.04. The topological polar surface area (TPSA) is 29.3 Å². The Balaban J connectivity index is 1.95. The van der Waals surface area contributed by atoms with Gasteiger partial charge in [0.1, 0.15) is 0 Å². The maximum absolute atomic E-state index is 5.45. The molecule has 0 aliphatic carbocycles. The third-order valence-electron chi connectivity index (χ3n) is 3.10. The van der Waals surface area contributed by atoms with Crippen molar-refractivity contribution in [1.82, 2.24) is 4.90 Å². The van der Waals surface area contributed by atoms with E-state index < -0.39 is 0 Å². The van der Waals surface area contributed by atoms with Crippen LogP contribution >= 0.6 is 11.3 Å². The zero-order chi connectivity index (χ0) is 14.2. The zero-order valence-corrected chi connectivity index (χ0v) is 12.6. The van der Waals surface area contributed by atoms with Gasteiger partial charge in [-0.25, -0.2) is 0 Å². The van der Waals surface area contributed by atoms with Crippen molar-refractivity contribution in [3.63, 3.8) is 0 Å². The quantitative estimate of drug-likeness (QED) is 0.856. The predicted octanol–water partition coefficient (Wildman–Crippen LogP) is 2.73. The fourth-order valence-electron chi connectivity index (χ4n) is 2.05. The summed E-state index contributed by atoms with van der Waals surface area (Å²) < 4.78 is 0. The molecule has 0 amide bonds. The lowest BCUT2D eigenvalue weighted by atomic mass is 10.1. The highest BCUT2D eigenvalue weighted by Crippen LogP contribution is 2.12. The average molecular weight is 284 g/mol. The van der Waals surface area contributed by atoms with Crippen molar-refractivity contribution in [1.29, 1.82) is 0 Å². The van der Waals surface area contributed by atoms with Gasteiger partial charge in [0.15, 0.2) is 0 Å². The average Bonchev–Trinajstić information content (AvgIpc) is 2.97. The van der Waals surface area contributed by atoms with E-state index in [-0.39, 0.29) is 0 Å². The summed E-state index contributed by atoms with van der Waals surface area (Å²) >= 11 is 1.82. The molecule has 1 heterocycles. The number of hydrogen-bond donors (Lipinski definition) is 1. The van der Waals surface area contributed by atoms with Gasteiger partial charge in [-0.1, -0.05) is 36.1 Å². The van der Waals surface area contributed by atoms with E-state index in [1.54, 1.807) is 0 Å². The minimum Gasteiger partial charge on any atom is -0.320 e. The molecule has 1 aromatic heterocycles. The standard InChI is InChI=1S/C17H20N2S/c1-19(12-10-17-9-5-13-20-17)14-16-7-3-2-6-15(16)8-4-11-18/h2-3,5-7,9,13H,10-12,14,18H2,1H3. The molecule has 0 bridgehead atoms. The molecular weight excluding hydrogens is 264 g/mol. The van der Waals surface area contributed by atoms with Gasteiger partial charge < -0.3 is 10.6 Å². The lowest BCUT2D eigenvalue weighted by Crippen LogP contribution is -2.21. The van der Waals surface area contributed by atoms with Crippen LogP contribution in [0.4, 0.5) is 0 Å². The number of benzene rings is 1. The number of thiophene rings is 1. The molecule has 104 valence electrons. The van der Waals surface area contributed by atoms with Crippen molar-refractivity contribution in [3.05, 3.63) is 57.8 Å². The predicted molar refractivity (Wildman–Crippen MR) is 86.7 cm³/mol. The molecule has 3 heteroatoms. The molecule has 2 nitrogen and oxygen atoms in total. The molecule has 0 saturated carbocycles. The summed E-state index contributed by atoms with van der Waals surface area (Å²) in [6.07, 6.45) is 1.10. The fraction of sp³-hybridized carbons (Fsp3) is 0.294. The smallest absolute Gasteiger partial charge is 0.0555 e. The van der Waals surface area contributed by atoms with Crippen molar-refractivity contribution in [3.8, 4) is 11.8 Å². The minimum absolute atomic E-state index is 0.405. The molecule has 1 aromatic carbocycles. The summed E-state index contributed by atoms with van der Waals surface area (Å²) in [7, 11) is 2.15. The van der Waals surface area contributed by atoms with E-state index in [1.165, 1.54) is 10.4 Å². The van der Waals surface area contributed by atoms with Crippen molar-refractivity contribution >= 4 is 11.3 Å². The Morgan fingerprint density at radius 2 is 2.05 bits per heavy atom. The Hall–Kier alpha value is -1.60. The number of hydrogen-bond acceptors (Lipinski definition) is 3. The highest BCUT2D eigenvalue weighted by molar-refractivity contribution is 7.09. The highest BCUT2D eigenvalue weighted by atomic mass is 32.1. The molecule has 0 radical (unpaired) electrons. The van der Waals surface area contributed by atoms with E-state index in [4.69, 9.17) is 5.73 Å². The first-order valence-electron chi connectivity index (χ1n) is 6.77. The Kier molecular flexibility index (Phi) is 5.82. The van der Waals surface area contributed by atoms with Gasteiger partial charge in [0.25, 0.3) is 0 Å². The molecule has 0 aliphatic heterocycles. The molecule has 2 rings (SSSR count). The molecule has 20 heavy (non-hydrogen) atoms. The molecule has 0 fully saturated rings. The van der Waals surface area contributed by atoms with Gasteiger partial charge in [-0.05, 0) is 36.5 Å². The van der Waals surface area contributed by atoms with Gasteiger partial charge >= 0.3 is 0 Å². The van der Waals surface area contributed by atoms with Crippen LogP contribution in [0, 0.1) is 11.8 Å². The maximum atomic E-state index is 5.45. The second-order valence-electron chi connectivity index (χ2n) is 4.73.